The van der Waals surface area contributed by atoms with Crippen molar-refractivity contribution in [1.29, 1.82) is 0 Å². The number of amides is 1. The SMILES string of the molecule is NC(=O)C[C@@]1(N)CCCC(c2cnc(-c3ccc(F)c(F)c3)cc2Cn2cnc3c(N)ncnc32)C1. The highest BCUT2D eigenvalue weighted by molar-refractivity contribution is 5.81. The predicted molar refractivity (Wildman–Crippen MR) is 130 cm³/mol. The molecule has 6 N–H and O–H groups in total. The summed E-state index contributed by atoms with van der Waals surface area (Å²) in [5.74, 6) is -1.97. The van der Waals surface area contributed by atoms with Gasteiger partial charge in [-0.05, 0) is 60.6 Å². The summed E-state index contributed by atoms with van der Waals surface area (Å²) in [7, 11) is 0. The monoisotopic (exact) mass is 492 g/mol. The summed E-state index contributed by atoms with van der Waals surface area (Å²) in [6.45, 7) is 0.380. The van der Waals surface area contributed by atoms with Gasteiger partial charge < -0.3 is 21.8 Å². The number of nitrogens with zero attached hydrogens (tertiary/aromatic N) is 5. The molecule has 1 unspecified atom stereocenters. The molecule has 186 valence electrons. The average Bonchev–Trinajstić information content (AvgIpc) is 3.24. The summed E-state index contributed by atoms with van der Waals surface area (Å²) in [5, 5.41) is 0. The molecule has 1 amide bonds. The van der Waals surface area contributed by atoms with E-state index in [1.54, 1.807) is 12.5 Å². The molecule has 0 aliphatic heterocycles. The highest BCUT2D eigenvalue weighted by Crippen LogP contribution is 2.41. The molecule has 1 aliphatic carbocycles. The van der Waals surface area contributed by atoms with Gasteiger partial charge >= 0.3 is 0 Å². The summed E-state index contributed by atoms with van der Waals surface area (Å²) >= 11 is 0. The molecule has 5 rings (SSSR count). The molecule has 11 heteroatoms. The van der Waals surface area contributed by atoms with Gasteiger partial charge in [0.25, 0.3) is 0 Å². The third kappa shape index (κ3) is 4.61. The van der Waals surface area contributed by atoms with Crippen LogP contribution in [0.15, 0.2) is 43.1 Å². The van der Waals surface area contributed by atoms with Gasteiger partial charge in [0.05, 0.1) is 18.6 Å². The maximum atomic E-state index is 13.9. The number of hydrogen-bond donors (Lipinski definition) is 3. The average molecular weight is 493 g/mol. The van der Waals surface area contributed by atoms with E-state index in [0.29, 0.717) is 41.8 Å². The topological polar surface area (TPSA) is 152 Å². The van der Waals surface area contributed by atoms with E-state index in [1.807, 2.05) is 10.6 Å². The largest absolute Gasteiger partial charge is 0.382 e. The Bertz CT molecular complexity index is 1460. The smallest absolute Gasteiger partial charge is 0.219 e. The van der Waals surface area contributed by atoms with E-state index in [0.717, 1.165) is 36.1 Å². The molecule has 1 fully saturated rings. The number of carbonyl (C=O) groups excluding carboxylic acids is 1. The molecule has 0 bridgehead atoms. The number of anilines is 1. The third-order valence-electron chi connectivity index (χ3n) is 6.86. The second-order valence-corrected chi connectivity index (χ2v) is 9.50. The van der Waals surface area contributed by atoms with Gasteiger partial charge in [0.15, 0.2) is 23.1 Å². The Morgan fingerprint density at radius 3 is 2.75 bits per heavy atom. The van der Waals surface area contributed by atoms with Crippen molar-refractivity contribution in [3.8, 4) is 11.3 Å². The van der Waals surface area contributed by atoms with Gasteiger partial charge in [0.1, 0.15) is 11.8 Å². The van der Waals surface area contributed by atoms with E-state index >= 15 is 0 Å². The summed E-state index contributed by atoms with van der Waals surface area (Å²) < 4.78 is 29.3. The van der Waals surface area contributed by atoms with Crippen LogP contribution in [0.25, 0.3) is 22.4 Å². The number of carbonyl (C=O) groups is 1. The van der Waals surface area contributed by atoms with Crippen molar-refractivity contribution in [3.05, 3.63) is 65.9 Å². The van der Waals surface area contributed by atoms with E-state index in [1.165, 1.54) is 12.4 Å². The molecular weight excluding hydrogens is 466 g/mol. The van der Waals surface area contributed by atoms with Gasteiger partial charge in [-0.3, -0.25) is 9.78 Å². The van der Waals surface area contributed by atoms with Crippen molar-refractivity contribution in [1.82, 2.24) is 24.5 Å². The van der Waals surface area contributed by atoms with E-state index in [2.05, 4.69) is 19.9 Å². The molecule has 3 heterocycles. The number of aromatic nitrogens is 5. The zero-order valence-corrected chi connectivity index (χ0v) is 19.5. The molecule has 1 saturated carbocycles. The lowest BCUT2D eigenvalue weighted by atomic mass is 9.71. The Labute approximate surface area is 205 Å². The summed E-state index contributed by atoms with van der Waals surface area (Å²) in [5.41, 5.74) is 21.2. The number of nitrogen functional groups attached to an aromatic ring is 1. The van der Waals surface area contributed by atoms with E-state index in [4.69, 9.17) is 17.2 Å². The molecular formula is C25H26F2N8O. The zero-order valence-electron chi connectivity index (χ0n) is 19.5. The summed E-state index contributed by atoms with van der Waals surface area (Å²) in [4.78, 5) is 28.9. The highest BCUT2D eigenvalue weighted by Gasteiger charge is 2.35. The minimum absolute atomic E-state index is 0.0408. The van der Waals surface area contributed by atoms with Gasteiger partial charge in [0.2, 0.25) is 5.91 Å². The van der Waals surface area contributed by atoms with Crippen molar-refractivity contribution in [2.75, 3.05) is 5.73 Å². The highest BCUT2D eigenvalue weighted by atomic mass is 19.2. The number of pyridine rings is 1. The van der Waals surface area contributed by atoms with Crippen molar-refractivity contribution in [2.45, 2.75) is 50.1 Å². The van der Waals surface area contributed by atoms with Crippen LogP contribution in [0, 0.1) is 11.6 Å². The Hall–Kier alpha value is -3.99. The minimum Gasteiger partial charge on any atom is -0.382 e. The molecule has 9 nitrogen and oxygen atoms in total. The number of benzene rings is 1. The lowest BCUT2D eigenvalue weighted by Gasteiger charge is -2.38. The molecule has 3 aromatic heterocycles. The van der Waals surface area contributed by atoms with Crippen LogP contribution < -0.4 is 17.2 Å². The fourth-order valence-electron chi connectivity index (χ4n) is 5.19. The Kier molecular flexibility index (Phi) is 6.09. The van der Waals surface area contributed by atoms with E-state index in [9.17, 15) is 13.6 Å². The van der Waals surface area contributed by atoms with Gasteiger partial charge in [-0.2, -0.15) is 0 Å². The van der Waals surface area contributed by atoms with Crippen LogP contribution in [0.2, 0.25) is 0 Å². The minimum atomic E-state index is -0.945. The zero-order chi connectivity index (χ0) is 25.4. The normalized spacial score (nSPS) is 20.0. The molecule has 1 aliphatic rings. The number of primary amides is 1. The molecule has 36 heavy (non-hydrogen) atoms. The van der Waals surface area contributed by atoms with Crippen molar-refractivity contribution in [3.63, 3.8) is 0 Å². The summed E-state index contributed by atoms with van der Waals surface area (Å²) in [6, 6.07) is 5.55. The maximum Gasteiger partial charge on any atom is 0.219 e. The fourth-order valence-corrected chi connectivity index (χ4v) is 5.19. The first-order chi connectivity index (χ1) is 17.2. The molecule has 0 radical (unpaired) electrons. The Balaban J connectivity index is 1.57. The second kappa shape index (κ2) is 9.23. The van der Waals surface area contributed by atoms with Crippen LogP contribution in [-0.4, -0.2) is 35.9 Å². The van der Waals surface area contributed by atoms with Gasteiger partial charge in [-0.15, -0.1) is 0 Å². The van der Waals surface area contributed by atoms with E-state index < -0.39 is 23.1 Å². The molecule has 4 aromatic rings. The fraction of sp³-hybridized carbons (Fsp3) is 0.320. The van der Waals surface area contributed by atoms with Crippen molar-refractivity contribution >= 4 is 22.9 Å². The first-order valence-corrected chi connectivity index (χ1v) is 11.7. The van der Waals surface area contributed by atoms with E-state index in [-0.39, 0.29) is 18.2 Å². The van der Waals surface area contributed by atoms with Crippen LogP contribution in [-0.2, 0) is 11.3 Å². The first kappa shape index (κ1) is 23.7. The standard InChI is InChI=1S/C25H26F2N8O/c26-18-4-3-14(6-19(18)27)20-7-16(11-35-13-34-22-23(29)32-12-33-24(22)35)17(10-31-20)15-2-1-5-25(30,8-15)9-21(28)36/h3-4,6-7,10,12-13,15H,1-2,5,8-9,11,30H2,(H2,28,36)(H2,29,32,33)/t15?,25-/m1/s1. The number of imidazole rings is 1. The van der Waals surface area contributed by atoms with Crippen LogP contribution in [0.1, 0.15) is 49.1 Å². The third-order valence-corrected chi connectivity index (χ3v) is 6.86. The number of halogens is 2. The Morgan fingerprint density at radius 1 is 1.14 bits per heavy atom. The predicted octanol–water partition coefficient (Wildman–Crippen LogP) is 3.03. The van der Waals surface area contributed by atoms with Crippen LogP contribution in [0.3, 0.4) is 0 Å². The lowest BCUT2D eigenvalue weighted by Crippen LogP contribution is -2.46. The second-order valence-electron chi connectivity index (χ2n) is 9.50. The molecule has 1 aromatic carbocycles. The Morgan fingerprint density at radius 2 is 1.97 bits per heavy atom. The number of nitrogens with two attached hydrogens (primary N) is 3. The first-order valence-electron chi connectivity index (χ1n) is 11.7. The number of fused-ring (bicyclic) bond motifs is 1. The maximum absolute atomic E-state index is 13.9. The lowest BCUT2D eigenvalue weighted by molar-refractivity contribution is -0.119. The quantitative estimate of drug-likeness (QED) is 0.374. The van der Waals surface area contributed by atoms with Crippen LogP contribution in [0.4, 0.5) is 14.6 Å². The van der Waals surface area contributed by atoms with Crippen LogP contribution in [0.5, 0.6) is 0 Å². The van der Waals surface area contributed by atoms with Gasteiger partial charge in [0, 0.05) is 23.7 Å². The van der Waals surface area contributed by atoms with Crippen molar-refractivity contribution in [2.24, 2.45) is 11.5 Å². The molecule has 0 spiro atoms. The van der Waals surface area contributed by atoms with Crippen molar-refractivity contribution < 1.29 is 13.6 Å². The number of rotatable bonds is 6. The molecule has 2 atom stereocenters. The van der Waals surface area contributed by atoms with Gasteiger partial charge in [-0.25, -0.2) is 23.7 Å². The number of hydrogen-bond acceptors (Lipinski definition) is 7. The van der Waals surface area contributed by atoms with Crippen LogP contribution >= 0.6 is 0 Å². The van der Waals surface area contributed by atoms with Gasteiger partial charge in [-0.1, -0.05) is 6.42 Å². The summed E-state index contributed by atoms with van der Waals surface area (Å²) in [6.07, 6.45) is 7.89. The molecule has 0 saturated heterocycles.